The molecule has 0 saturated carbocycles. The summed E-state index contributed by atoms with van der Waals surface area (Å²) in [5.74, 6) is 1.47. The van der Waals surface area contributed by atoms with Crippen molar-refractivity contribution in [3.05, 3.63) is 83.9 Å². The largest absolute Gasteiger partial charge is 0.497 e. The van der Waals surface area contributed by atoms with Crippen molar-refractivity contribution in [1.82, 2.24) is 0 Å². The molecule has 0 atom stereocenters. The molecule has 0 bridgehead atoms. The summed E-state index contributed by atoms with van der Waals surface area (Å²) < 4.78 is 15.6. The lowest BCUT2D eigenvalue weighted by atomic mass is 9.74. The smallest absolute Gasteiger partial charge is 0.254 e. The number of hydrogen-bond donors (Lipinski definition) is 1. The van der Waals surface area contributed by atoms with Crippen LogP contribution in [0.5, 0.6) is 17.2 Å². The Morgan fingerprint density at radius 3 is 1.43 bits per heavy atom. The number of nitriles is 1. The zero-order valence-corrected chi connectivity index (χ0v) is 17.0. The number of carbonyl (C=O) groups excluding carboxylic acids is 1. The monoisotopic (exact) mass is 402 g/mol. The molecule has 0 aliphatic heterocycles. The molecule has 152 valence electrons. The molecule has 0 aliphatic carbocycles. The second-order valence-corrected chi connectivity index (χ2v) is 6.50. The molecule has 0 radical (unpaired) electrons. The average Bonchev–Trinajstić information content (AvgIpc) is 2.81. The minimum Gasteiger partial charge on any atom is -0.497 e. The summed E-state index contributed by atoms with van der Waals surface area (Å²) in [6, 6.07) is 23.0. The Hall–Kier alpha value is -3.98. The van der Waals surface area contributed by atoms with Gasteiger partial charge in [-0.15, -0.1) is 0 Å². The Morgan fingerprint density at radius 1 is 0.733 bits per heavy atom. The average molecular weight is 402 g/mol. The van der Waals surface area contributed by atoms with Crippen LogP contribution in [-0.2, 0) is 10.2 Å². The third-order valence-electron chi connectivity index (χ3n) is 4.90. The number of anilines is 1. The molecule has 1 amide bonds. The zero-order chi connectivity index (χ0) is 21.6. The minimum atomic E-state index is -1.57. The van der Waals surface area contributed by atoms with Gasteiger partial charge in [-0.3, -0.25) is 4.79 Å². The van der Waals surface area contributed by atoms with Crippen LogP contribution in [0.4, 0.5) is 5.69 Å². The molecule has 30 heavy (non-hydrogen) atoms. The van der Waals surface area contributed by atoms with Crippen molar-refractivity contribution in [2.24, 2.45) is 0 Å². The van der Waals surface area contributed by atoms with Gasteiger partial charge in [-0.25, -0.2) is 0 Å². The third kappa shape index (κ3) is 3.91. The number of nitrogens with zero attached hydrogens (tertiary/aromatic N) is 1. The van der Waals surface area contributed by atoms with E-state index in [1.54, 1.807) is 94.1 Å². The van der Waals surface area contributed by atoms with Crippen LogP contribution in [0.3, 0.4) is 0 Å². The highest BCUT2D eigenvalue weighted by Crippen LogP contribution is 2.35. The first-order chi connectivity index (χ1) is 14.6. The first-order valence-electron chi connectivity index (χ1n) is 9.23. The van der Waals surface area contributed by atoms with Crippen molar-refractivity contribution in [2.75, 3.05) is 26.6 Å². The number of benzene rings is 3. The molecular weight excluding hydrogens is 380 g/mol. The molecule has 0 spiro atoms. The molecule has 3 rings (SSSR count). The fourth-order valence-electron chi connectivity index (χ4n) is 3.19. The van der Waals surface area contributed by atoms with Gasteiger partial charge >= 0.3 is 0 Å². The highest BCUT2D eigenvalue weighted by molar-refractivity contribution is 6.04. The second kappa shape index (κ2) is 9.01. The quantitative estimate of drug-likeness (QED) is 0.642. The molecule has 6 heteroatoms. The summed E-state index contributed by atoms with van der Waals surface area (Å²) in [5, 5.41) is 13.1. The summed E-state index contributed by atoms with van der Waals surface area (Å²) in [6.07, 6.45) is 0. The molecule has 6 nitrogen and oxygen atoms in total. The fraction of sp³-hybridized carbons (Fsp3) is 0.167. The van der Waals surface area contributed by atoms with Crippen molar-refractivity contribution >= 4 is 11.6 Å². The Morgan fingerprint density at radius 2 is 1.10 bits per heavy atom. The van der Waals surface area contributed by atoms with Crippen molar-refractivity contribution in [1.29, 1.82) is 5.26 Å². The Labute approximate surface area is 175 Å². The number of amides is 1. The van der Waals surface area contributed by atoms with E-state index in [-0.39, 0.29) is 0 Å². The van der Waals surface area contributed by atoms with E-state index in [1.807, 2.05) is 0 Å². The van der Waals surface area contributed by atoms with Crippen molar-refractivity contribution < 1.29 is 19.0 Å². The molecule has 3 aromatic carbocycles. The van der Waals surface area contributed by atoms with Crippen molar-refractivity contribution in [3.63, 3.8) is 0 Å². The first-order valence-corrected chi connectivity index (χ1v) is 9.23. The van der Waals surface area contributed by atoms with Crippen LogP contribution >= 0.6 is 0 Å². The van der Waals surface area contributed by atoms with Gasteiger partial charge in [-0.05, 0) is 59.7 Å². The fourth-order valence-corrected chi connectivity index (χ4v) is 3.19. The van der Waals surface area contributed by atoms with Gasteiger partial charge in [0, 0.05) is 5.69 Å². The van der Waals surface area contributed by atoms with Gasteiger partial charge in [0.05, 0.1) is 27.4 Å². The van der Waals surface area contributed by atoms with E-state index in [2.05, 4.69) is 11.4 Å². The van der Waals surface area contributed by atoms with Gasteiger partial charge in [0.25, 0.3) is 5.91 Å². The van der Waals surface area contributed by atoms with Crippen LogP contribution in [0.25, 0.3) is 0 Å². The van der Waals surface area contributed by atoms with Crippen molar-refractivity contribution in [2.45, 2.75) is 5.41 Å². The second-order valence-electron chi connectivity index (χ2n) is 6.50. The summed E-state index contributed by atoms with van der Waals surface area (Å²) in [5.41, 5.74) is 0.0461. The first kappa shape index (κ1) is 20.7. The molecule has 0 aliphatic rings. The zero-order valence-electron chi connectivity index (χ0n) is 17.0. The lowest BCUT2D eigenvalue weighted by Crippen LogP contribution is -2.40. The normalized spacial score (nSPS) is 10.6. The third-order valence-corrected chi connectivity index (χ3v) is 4.90. The summed E-state index contributed by atoms with van der Waals surface area (Å²) >= 11 is 0. The molecule has 0 fully saturated rings. The van der Waals surface area contributed by atoms with Gasteiger partial charge < -0.3 is 19.5 Å². The number of nitrogens with one attached hydrogen (secondary N) is 1. The van der Waals surface area contributed by atoms with Crippen LogP contribution in [0.1, 0.15) is 11.1 Å². The highest BCUT2D eigenvalue weighted by Gasteiger charge is 2.43. The van der Waals surface area contributed by atoms with Gasteiger partial charge in [-0.2, -0.15) is 5.26 Å². The highest BCUT2D eigenvalue weighted by atomic mass is 16.5. The van der Waals surface area contributed by atoms with Gasteiger partial charge in [0.2, 0.25) is 0 Å². The predicted octanol–water partition coefficient (Wildman–Crippen LogP) is 4.16. The predicted molar refractivity (Wildman–Crippen MR) is 114 cm³/mol. The van der Waals surface area contributed by atoms with Gasteiger partial charge in [0.1, 0.15) is 17.2 Å². The van der Waals surface area contributed by atoms with E-state index >= 15 is 0 Å². The topological polar surface area (TPSA) is 80.6 Å². The van der Waals surface area contributed by atoms with Crippen molar-refractivity contribution in [3.8, 4) is 23.3 Å². The number of rotatable bonds is 7. The molecule has 0 unspecified atom stereocenters. The number of ether oxygens (including phenoxy) is 3. The van der Waals surface area contributed by atoms with E-state index in [0.29, 0.717) is 34.1 Å². The Balaban J connectivity index is 2.08. The number of methoxy groups -OCH3 is 3. The Kier molecular flexibility index (Phi) is 6.23. The molecule has 1 N–H and O–H groups in total. The van der Waals surface area contributed by atoms with E-state index in [9.17, 15) is 10.1 Å². The molecule has 0 saturated heterocycles. The van der Waals surface area contributed by atoms with E-state index in [1.165, 1.54) is 0 Å². The molecule has 0 aromatic heterocycles. The SMILES string of the molecule is COc1ccc(NC(=O)C(C#N)(c2ccc(OC)cc2)c2ccc(OC)cc2)cc1. The van der Waals surface area contributed by atoms with Gasteiger partial charge in [-0.1, -0.05) is 24.3 Å². The minimum absolute atomic E-state index is 0.467. The van der Waals surface area contributed by atoms with E-state index in [0.717, 1.165) is 0 Å². The Bertz CT molecular complexity index is 989. The maximum atomic E-state index is 13.5. The summed E-state index contributed by atoms with van der Waals surface area (Å²) in [6.45, 7) is 0. The number of carbonyl (C=O) groups is 1. The van der Waals surface area contributed by atoms with E-state index < -0.39 is 11.3 Å². The molecular formula is C24H22N2O4. The van der Waals surface area contributed by atoms with E-state index in [4.69, 9.17) is 14.2 Å². The number of hydrogen-bond acceptors (Lipinski definition) is 5. The molecule has 0 heterocycles. The van der Waals surface area contributed by atoms with Crippen LogP contribution in [0.2, 0.25) is 0 Å². The summed E-state index contributed by atoms with van der Waals surface area (Å²) in [4.78, 5) is 13.5. The van der Waals surface area contributed by atoms with Crippen LogP contribution in [0.15, 0.2) is 72.8 Å². The van der Waals surface area contributed by atoms with Gasteiger partial charge in [0.15, 0.2) is 5.41 Å². The lowest BCUT2D eigenvalue weighted by Gasteiger charge is -2.27. The maximum Gasteiger partial charge on any atom is 0.254 e. The lowest BCUT2D eigenvalue weighted by molar-refractivity contribution is -0.118. The maximum absolute atomic E-state index is 13.5. The van der Waals surface area contributed by atoms with Crippen LogP contribution in [-0.4, -0.2) is 27.2 Å². The van der Waals surface area contributed by atoms with Crippen LogP contribution in [0, 0.1) is 11.3 Å². The van der Waals surface area contributed by atoms with Crippen LogP contribution < -0.4 is 19.5 Å². The summed E-state index contributed by atoms with van der Waals surface area (Å²) in [7, 11) is 4.69. The standard InChI is InChI=1S/C24H22N2O4/c1-28-20-10-4-17(5-11-20)24(16-25,18-6-12-21(29-2)13-7-18)23(27)26-19-8-14-22(30-3)15-9-19/h4-15H,1-3H3,(H,26,27). The molecule has 3 aromatic rings.